The maximum Gasteiger partial charge on any atom is 0.314 e. The molecule has 0 radical (unpaired) electrons. The smallest absolute Gasteiger partial charge is 0.314 e. The summed E-state index contributed by atoms with van der Waals surface area (Å²) in [6.45, 7) is 10.3. The molecule has 0 bridgehead atoms. The van der Waals surface area contributed by atoms with Crippen LogP contribution >= 0.6 is 0 Å². The van der Waals surface area contributed by atoms with Gasteiger partial charge in [-0.25, -0.2) is 4.79 Å². The van der Waals surface area contributed by atoms with Gasteiger partial charge in [0.05, 0.1) is 6.61 Å². The minimum Gasteiger partial charge on any atom is -0.494 e. The molecule has 0 atom stereocenters. The van der Waals surface area contributed by atoms with E-state index in [2.05, 4.69) is 43.5 Å². The lowest BCUT2D eigenvalue weighted by Crippen LogP contribution is -2.36. The van der Waals surface area contributed by atoms with E-state index in [9.17, 15) is 4.79 Å². The lowest BCUT2D eigenvalue weighted by molar-refractivity contribution is 0.239. The predicted octanol–water partition coefficient (Wildman–Crippen LogP) is 3.07. The minimum absolute atomic E-state index is 0.123. The van der Waals surface area contributed by atoms with Gasteiger partial charge in [-0.3, -0.25) is 0 Å². The van der Waals surface area contributed by atoms with E-state index in [0.29, 0.717) is 19.7 Å². The summed E-state index contributed by atoms with van der Waals surface area (Å²) in [5.41, 5.74) is 1.46. The van der Waals surface area contributed by atoms with Gasteiger partial charge in [-0.15, -0.1) is 0 Å². The Bertz CT molecular complexity index is 407. The van der Waals surface area contributed by atoms with Crippen molar-refractivity contribution in [1.29, 1.82) is 0 Å². The van der Waals surface area contributed by atoms with Crippen LogP contribution in [0, 0.1) is 0 Å². The first kappa shape index (κ1) is 16.3. The van der Waals surface area contributed by atoms with Crippen molar-refractivity contribution in [1.82, 2.24) is 10.6 Å². The molecular formula is C16H26N2O2. The number of nitrogens with one attached hydrogen (secondary N) is 2. The van der Waals surface area contributed by atoms with Gasteiger partial charge in [0.25, 0.3) is 0 Å². The first-order valence-corrected chi connectivity index (χ1v) is 7.18. The van der Waals surface area contributed by atoms with E-state index < -0.39 is 0 Å². The summed E-state index contributed by atoms with van der Waals surface area (Å²) in [5, 5.41) is 5.45. The number of carbonyl (C=O) groups is 1. The fourth-order valence-corrected chi connectivity index (χ4v) is 1.74. The third-order valence-corrected chi connectivity index (χ3v) is 2.93. The quantitative estimate of drug-likeness (QED) is 0.786. The van der Waals surface area contributed by atoms with Crippen LogP contribution in [-0.4, -0.2) is 25.7 Å². The van der Waals surface area contributed by atoms with Crippen molar-refractivity contribution < 1.29 is 9.53 Å². The molecule has 0 spiro atoms. The molecule has 0 aliphatic carbocycles. The van der Waals surface area contributed by atoms with Crippen LogP contribution in [0.15, 0.2) is 24.3 Å². The van der Waals surface area contributed by atoms with E-state index in [1.54, 1.807) is 0 Å². The standard InChI is InChI=1S/C16H26N2O2/c1-5-17-15(19)18-11-6-12-20-14-9-7-13(8-10-14)16(2,3)4/h7-10H,5-6,11-12H2,1-4H3,(H2,17,18,19). The Morgan fingerprint density at radius 2 is 1.80 bits per heavy atom. The van der Waals surface area contributed by atoms with Gasteiger partial charge in [0.15, 0.2) is 0 Å². The Labute approximate surface area is 121 Å². The molecule has 0 saturated carbocycles. The fourth-order valence-electron chi connectivity index (χ4n) is 1.74. The minimum atomic E-state index is -0.123. The van der Waals surface area contributed by atoms with Crippen molar-refractivity contribution in [3.8, 4) is 5.75 Å². The molecule has 0 saturated heterocycles. The lowest BCUT2D eigenvalue weighted by atomic mass is 9.87. The van der Waals surface area contributed by atoms with Gasteiger partial charge in [-0.2, -0.15) is 0 Å². The average Bonchev–Trinajstić information content (AvgIpc) is 2.38. The molecule has 4 nitrogen and oxygen atoms in total. The maximum atomic E-state index is 11.1. The van der Waals surface area contributed by atoms with Crippen LogP contribution in [0.25, 0.3) is 0 Å². The summed E-state index contributed by atoms with van der Waals surface area (Å²) in [7, 11) is 0. The molecule has 1 aromatic rings. The normalized spacial score (nSPS) is 11.0. The SMILES string of the molecule is CCNC(=O)NCCCOc1ccc(C(C)(C)C)cc1. The lowest BCUT2D eigenvalue weighted by Gasteiger charge is -2.19. The van der Waals surface area contributed by atoms with Crippen LogP contribution in [0.3, 0.4) is 0 Å². The topological polar surface area (TPSA) is 50.4 Å². The second-order valence-electron chi connectivity index (χ2n) is 5.76. The molecule has 1 rings (SSSR count). The molecule has 0 aromatic heterocycles. The van der Waals surface area contributed by atoms with Crippen molar-refractivity contribution in [2.45, 2.75) is 39.5 Å². The number of amides is 2. The summed E-state index contributed by atoms with van der Waals surface area (Å²) in [4.78, 5) is 11.1. The molecule has 2 amide bonds. The third-order valence-electron chi connectivity index (χ3n) is 2.93. The molecule has 0 aliphatic rings. The van der Waals surface area contributed by atoms with Crippen LogP contribution in [0.2, 0.25) is 0 Å². The molecular weight excluding hydrogens is 252 g/mol. The Kier molecular flexibility index (Phi) is 6.36. The molecule has 0 aliphatic heterocycles. The van der Waals surface area contributed by atoms with E-state index >= 15 is 0 Å². The zero-order chi connectivity index (χ0) is 15.0. The average molecular weight is 278 g/mol. The summed E-state index contributed by atoms with van der Waals surface area (Å²) < 4.78 is 5.64. The highest BCUT2D eigenvalue weighted by molar-refractivity contribution is 5.73. The first-order valence-electron chi connectivity index (χ1n) is 7.18. The van der Waals surface area contributed by atoms with Gasteiger partial charge < -0.3 is 15.4 Å². The fraction of sp³-hybridized carbons (Fsp3) is 0.562. The second kappa shape index (κ2) is 7.78. The summed E-state index contributed by atoms with van der Waals surface area (Å²) in [5.74, 6) is 0.871. The number of ether oxygens (including phenoxy) is 1. The molecule has 1 aromatic carbocycles. The Hall–Kier alpha value is -1.71. The van der Waals surface area contributed by atoms with Crippen LogP contribution in [0.4, 0.5) is 4.79 Å². The number of benzene rings is 1. The van der Waals surface area contributed by atoms with Crippen molar-refractivity contribution >= 4 is 6.03 Å². The van der Waals surface area contributed by atoms with Crippen LogP contribution in [-0.2, 0) is 5.41 Å². The van der Waals surface area contributed by atoms with Crippen molar-refractivity contribution in [3.05, 3.63) is 29.8 Å². The monoisotopic (exact) mass is 278 g/mol. The molecule has 2 N–H and O–H groups in total. The highest BCUT2D eigenvalue weighted by Gasteiger charge is 2.12. The van der Waals surface area contributed by atoms with E-state index in [4.69, 9.17) is 4.74 Å². The number of carbonyl (C=O) groups excluding carboxylic acids is 1. The highest BCUT2D eigenvalue weighted by Crippen LogP contribution is 2.24. The number of urea groups is 1. The summed E-state index contributed by atoms with van der Waals surface area (Å²) in [6, 6.07) is 8.07. The van der Waals surface area contributed by atoms with Gasteiger partial charge in [-0.05, 0) is 36.5 Å². The van der Waals surface area contributed by atoms with E-state index in [1.165, 1.54) is 5.56 Å². The summed E-state index contributed by atoms with van der Waals surface area (Å²) >= 11 is 0. The number of rotatable bonds is 6. The molecule has 0 heterocycles. The van der Waals surface area contributed by atoms with E-state index in [-0.39, 0.29) is 11.4 Å². The molecule has 4 heteroatoms. The van der Waals surface area contributed by atoms with Gasteiger partial charge >= 0.3 is 6.03 Å². The van der Waals surface area contributed by atoms with Gasteiger partial charge in [-0.1, -0.05) is 32.9 Å². The molecule has 20 heavy (non-hydrogen) atoms. The highest BCUT2D eigenvalue weighted by atomic mass is 16.5. The van der Waals surface area contributed by atoms with Crippen LogP contribution < -0.4 is 15.4 Å². The maximum absolute atomic E-state index is 11.1. The van der Waals surface area contributed by atoms with E-state index in [0.717, 1.165) is 12.2 Å². The Balaban J connectivity index is 2.24. The van der Waals surface area contributed by atoms with Crippen LogP contribution in [0.5, 0.6) is 5.75 Å². The molecule has 0 unspecified atom stereocenters. The largest absolute Gasteiger partial charge is 0.494 e. The van der Waals surface area contributed by atoms with Crippen molar-refractivity contribution in [2.24, 2.45) is 0 Å². The second-order valence-corrected chi connectivity index (χ2v) is 5.76. The zero-order valence-corrected chi connectivity index (χ0v) is 13.0. The Morgan fingerprint density at radius 1 is 1.15 bits per heavy atom. The number of hydrogen-bond donors (Lipinski definition) is 2. The van der Waals surface area contributed by atoms with Gasteiger partial charge in [0.2, 0.25) is 0 Å². The van der Waals surface area contributed by atoms with E-state index in [1.807, 2.05) is 19.1 Å². The Morgan fingerprint density at radius 3 is 2.35 bits per heavy atom. The number of hydrogen-bond acceptors (Lipinski definition) is 2. The molecule has 112 valence electrons. The predicted molar refractivity (Wildman–Crippen MR) is 82.3 cm³/mol. The summed E-state index contributed by atoms with van der Waals surface area (Å²) in [6.07, 6.45) is 0.790. The van der Waals surface area contributed by atoms with Crippen molar-refractivity contribution in [3.63, 3.8) is 0 Å². The van der Waals surface area contributed by atoms with Gasteiger partial charge in [0.1, 0.15) is 5.75 Å². The van der Waals surface area contributed by atoms with Crippen molar-refractivity contribution in [2.75, 3.05) is 19.7 Å². The van der Waals surface area contributed by atoms with Crippen LogP contribution in [0.1, 0.15) is 39.7 Å². The first-order chi connectivity index (χ1) is 9.43. The molecule has 0 fully saturated rings. The zero-order valence-electron chi connectivity index (χ0n) is 13.0. The third kappa shape index (κ3) is 5.95. The van der Waals surface area contributed by atoms with Gasteiger partial charge in [0, 0.05) is 13.1 Å².